The van der Waals surface area contributed by atoms with Crippen molar-refractivity contribution in [1.29, 1.82) is 0 Å². The molecule has 4 rings (SSSR count). The summed E-state index contributed by atoms with van der Waals surface area (Å²) < 4.78 is 36.9. The number of alkyl carbamates (subject to hydrolysis) is 1. The lowest BCUT2D eigenvalue weighted by Crippen LogP contribution is -2.35. The highest BCUT2D eigenvalue weighted by Crippen LogP contribution is 2.31. The highest BCUT2D eigenvalue weighted by molar-refractivity contribution is 6.30. The zero-order valence-electron chi connectivity index (χ0n) is 20.5. The van der Waals surface area contributed by atoms with E-state index in [1.54, 1.807) is 48.5 Å². The Bertz CT molecular complexity index is 1400. The van der Waals surface area contributed by atoms with Crippen LogP contribution in [0.4, 0.5) is 9.18 Å². The minimum atomic E-state index is -1.16. The quantitative estimate of drug-likeness (QED) is 0.360. The number of nitrogens with zero attached hydrogens (tertiary/aromatic N) is 1. The van der Waals surface area contributed by atoms with Gasteiger partial charge in [-0.15, -0.1) is 0 Å². The van der Waals surface area contributed by atoms with Crippen molar-refractivity contribution in [3.8, 4) is 0 Å². The number of carbonyl (C=O) groups is 2. The van der Waals surface area contributed by atoms with Crippen LogP contribution in [0.1, 0.15) is 23.8 Å². The van der Waals surface area contributed by atoms with Crippen LogP contribution in [0.15, 0.2) is 70.4 Å². The summed E-state index contributed by atoms with van der Waals surface area (Å²) in [5.74, 6) is -1.92. The van der Waals surface area contributed by atoms with Crippen molar-refractivity contribution in [3.05, 3.63) is 104 Å². The molecule has 3 aromatic rings. The zero-order valence-corrected chi connectivity index (χ0v) is 21.3. The first-order valence-corrected chi connectivity index (χ1v) is 12.3. The van der Waals surface area contributed by atoms with Gasteiger partial charge in [0, 0.05) is 11.4 Å². The lowest BCUT2D eigenvalue weighted by atomic mass is 10.1. The van der Waals surface area contributed by atoms with Gasteiger partial charge in [-0.3, -0.25) is 19.1 Å². The molecule has 3 atom stereocenters. The van der Waals surface area contributed by atoms with Crippen molar-refractivity contribution < 1.29 is 32.9 Å². The van der Waals surface area contributed by atoms with Crippen molar-refractivity contribution in [2.24, 2.45) is 0 Å². The van der Waals surface area contributed by atoms with Gasteiger partial charge in [-0.25, -0.2) is 9.59 Å². The van der Waals surface area contributed by atoms with Crippen LogP contribution in [0.5, 0.6) is 0 Å². The van der Waals surface area contributed by atoms with Crippen LogP contribution in [0.25, 0.3) is 0 Å². The summed E-state index contributed by atoms with van der Waals surface area (Å²) in [7, 11) is 0. The number of hydrogen-bond acceptors (Lipinski definition) is 8. The number of aromatic amines is 1. The van der Waals surface area contributed by atoms with E-state index in [9.17, 15) is 23.6 Å². The molecule has 0 saturated carbocycles. The lowest BCUT2D eigenvalue weighted by molar-refractivity contribution is -0.150. The van der Waals surface area contributed by atoms with E-state index in [0.717, 1.165) is 21.9 Å². The second-order valence-electron chi connectivity index (χ2n) is 8.58. The number of rotatable bonds is 10. The molecule has 39 heavy (non-hydrogen) atoms. The van der Waals surface area contributed by atoms with Gasteiger partial charge < -0.3 is 24.3 Å². The maximum Gasteiger partial charge on any atom is 0.407 e. The molecular formula is C26H25ClFN3O8. The molecule has 1 aromatic heterocycles. The molecule has 0 spiro atoms. The van der Waals surface area contributed by atoms with E-state index < -0.39 is 54.1 Å². The van der Waals surface area contributed by atoms with E-state index >= 15 is 0 Å². The SMILES string of the molecule is O=C(CNC(=O)OCc1ccccc1)OC[C@H]1O[C@@H](n2cc(F)c(=O)[nH]c2=O)C[C@@H]1OCc1ccc(Cl)cc1. The van der Waals surface area contributed by atoms with E-state index in [1.807, 2.05) is 11.1 Å². The Morgan fingerprint density at radius 3 is 2.51 bits per heavy atom. The average molecular weight is 562 g/mol. The monoisotopic (exact) mass is 561 g/mol. The maximum absolute atomic E-state index is 13.8. The molecule has 13 heteroatoms. The molecule has 1 fully saturated rings. The molecular weight excluding hydrogens is 537 g/mol. The van der Waals surface area contributed by atoms with Gasteiger partial charge in [0.1, 0.15) is 32.1 Å². The number of amides is 1. The van der Waals surface area contributed by atoms with E-state index in [1.165, 1.54) is 0 Å². The first kappa shape index (κ1) is 28.0. The smallest absolute Gasteiger partial charge is 0.407 e. The standard InChI is InChI=1S/C26H25ClFN3O8/c27-18-8-6-17(7-9-18)13-36-20-10-22(31-12-19(28)24(33)30-25(31)34)39-21(20)15-37-23(32)11-29-26(35)38-14-16-4-2-1-3-5-16/h1-9,12,20-22H,10-11,13-15H2,(H,29,35)(H,30,33,34)/t20-,21+,22+/m0/s1. The molecule has 0 bridgehead atoms. The van der Waals surface area contributed by atoms with Crippen LogP contribution >= 0.6 is 11.6 Å². The average Bonchev–Trinajstić information content (AvgIpc) is 3.34. The third-order valence-electron chi connectivity index (χ3n) is 5.79. The first-order valence-electron chi connectivity index (χ1n) is 11.9. The zero-order chi connectivity index (χ0) is 27.8. The number of aromatic nitrogens is 2. The Morgan fingerprint density at radius 1 is 1.05 bits per heavy atom. The second kappa shape index (κ2) is 13.2. The number of esters is 1. The Labute approximate surface area is 226 Å². The molecule has 1 aliphatic rings. The Hall–Kier alpha value is -4.00. The fourth-order valence-corrected chi connectivity index (χ4v) is 3.93. The van der Waals surface area contributed by atoms with E-state index in [4.69, 9.17) is 30.5 Å². The molecule has 11 nitrogen and oxygen atoms in total. The van der Waals surface area contributed by atoms with Gasteiger partial charge in [-0.1, -0.05) is 54.1 Å². The Balaban J connectivity index is 1.33. The third-order valence-corrected chi connectivity index (χ3v) is 6.04. The molecule has 2 aromatic carbocycles. The summed E-state index contributed by atoms with van der Waals surface area (Å²) in [4.78, 5) is 49.6. The number of hydrogen-bond donors (Lipinski definition) is 2. The predicted molar refractivity (Wildman–Crippen MR) is 135 cm³/mol. The molecule has 0 unspecified atom stereocenters. The number of ether oxygens (including phenoxy) is 4. The summed E-state index contributed by atoms with van der Waals surface area (Å²) in [6.45, 7) is -0.533. The summed E-state index contributed by atoms with van der Waals surface area (Å²) in [5.41, 5.74) is -0.415. The van der Waals surface area contributed by atoms with Crippen LogP contribution < -0.4 is 16.6 Å². The van der Waals surface area contributed by atoms with Crippen molar-refractivity contribution in [3.63, 3.8) is 0 Å². The van der Waals surface area contributed by atoms with Gasteiger partial charge in [-0.2, -0.15) is 4.39 Å². The van der Waals surface area contributed by atoms with Crippen molar-refractivity contribution >= 4 is 23.7 Å². The number of nitrogens with one attached hydrogen (secondary N) is 2. The van der Waals surface area contributed by atoms with Gasteiger partial charge in [0.05, 0.1) is 18.9 Å². The van der Waals surface area contributed by atoms with E-state index in [0.29, 0.717) is 5.02 Å². The van der Waals surface area contributed by atoms with E-state index in [-0.39, 0.29) is 26.2 Å². The molecule has 1 saturated heterocycles. The van der Waals surface area contributed by atoms with Gasteiger partial charge in [-0.05, 0) is 23.3 Å². The highest BCUT2D eigenvalue weighted by Gasteiger charge is 2.38. The molecule has 1 aliphatic heterocycles. The maximum atomic E-state index is 13.8. The Kier molecular flexibility index (Phi) is 9.47. The topological polar surface area (TPSA) is 138 Å². The van der Waals surface area contributed by atoms with Crippen LogP contribution in [0.2, 0.25) is 5.02 Å². The number of halogens is 2. The van der Waals surface area contributed by atoms with Crippen molar-refractivity contribution in [2.45, 2.75) is 38.1 Å². The van der Waals surface area contributed by atoms with Gasteiger partial charge in [0.15, 0.2) is 0 Å². The minimum Gasteiger partial charge on any atom is -0.461 e. The molecule has 0 aliphatic carbocycles. The van der Waals surface area contributed by atoms with Crippen LogP contribution in [-0.4, -0.2) is 47.0 Å². The third kappa shape index (κ3) is 7.99. The number of benzene rings is 2. The fraction of sp³-hybridized carbons (Fsp3) is 0.308. The largest absolute Gasteiger partial charge is 0.461 e. The van der Waals surface area contributed by atoms with Crippen LogP contribution in [0, 0.1) is 5.82 Å². The van der Waals surface area contributed by atoms with Crippen LogP contribution in [-0.2, 0) is 37.0 Å². The fourth-order valence-electron chi connectivity index (χ4n) is 3.80. The summed E-state index contributed by atoms with van der Waals surface area (Å²) in [6, 6.07) is 16.0. The van der Waals surface area contributed by atoms with Crippen LogP contribution in [0.3, 0.4) is 0 Å². The molecule has 206 valence electrons. The molecule has 0 radical (unpaired) electrons. The predicted octanol–water partition coefficient (Wildman–Crippen LogP) is 2.67. The summed E-state index contributed by atoms with van der Waals surface area (Å²) in [5, 5.41) is 2.86. The Morgan fingerprint density at radius 2 is 1.77 bits per heavy atom. The second-order valence-corrected chi connectivity index (χ2v) is 9.02. The van der Waals surface area contributed by atoms with E-state index in [2.05, 4.69) is 5.32 Å². The number of carbonyl (C=O) groups excluding carboxylic acids is 2. The highest BCUT2D eigenvalue weighted by atomic mass is 35.5. The number of H-pyrrole nitrogens is 1. The molecule has 2 N–H and O–H groups in total. The van der Waals surface area contributed by atoms with Crippen molar-refractivity contribution in [2.75, 3.05) is 13.2 Å². The van der Waals surface area contributed by atoms with Crippen molar-refractivity contribution in [1.82, 2.24) is 14.9 Å². The van der Waals surface area contributed by atoms with Gasteiger partial charge in [0.25, 0.3) is 5.56 Å². The summed E-state index contributed by atoms with van der Waals surface area (Å²) >= 11 is 5.92. The summed E-state index contributed by atoms with van der Waals surface area (Å²) in [6.07, 6.45) is -2.43. The van der Waals surface area contributed by atoms with Gasteiger partial charge >= 0.3 is 17.8 Å². The minimum absolute atomic E-state index is 0.0381. The van der Waals surface area contributed by atoms with Gasteiger partial charge in [0.2, 0.25) is 5.82 Å². The molecule has 1 amide bonds. The molecule has 2 heterocycles. The first-order chi connectivity index (χ1) is 18.8. The normalized spacial score (nSPS) is 18.5. The lowest BCUT2D eigenvalue weighted by Gasteiger charge is -2.19.